The fourth-order valence-corrected chi connectivity index (χ4v) is 8.39. The van der Waals surface area contributed by atoms with E-state index in [1.807, 2.05) is 6.92 Å². The molecular formula is C9H22O2Si2. The van der Waals surface area contributed by atoms with Crippen LogP contribution in [0.3, 0.4) is 0 Å². The Morgan fingerprint density at radius 3 is 2.23 bits per heavy atom. The number of hydrogen-bond acceptors (Lipinski definition) is 2. The zero-order chi connectivity index (χ0) is 10.3. The van der Waals surface area contributed by atoms with Crippen LogP contribution in [0.4, 0.5) is 0 Å². The molecule has 0 aromatic heterocycles. The Hall–Kier alpha value is 0.354. The average molecular weight is 218 g/mol. The van der Waals surface area contributed by atoms with E-state index in [-0.39, 0.29) is 12.2 Å². The second kappa shape index (κ2) is 3.49. The first kappa shape index (κ1) is 11.4. The van der Waals surface area contributed by atoms with Crippen molar-refractivity contribution in [2.75, 3.05) is 0 Å². The van der Waals surface area contributed by atoms with Gasteiger partial charge in [-0.2, -0.15) is 0 Å². The Balaban J connectivity index is 2.71. The Kier molecular flexibility index (Phi) is 3.07. The van der Waals surface area contributed by atoms with E-state index in [0.717, 1.165) is 6.42 Å². The monoisotopic (exact) mass is 218 g/mol. The lowest BCUT2D eigenvalue weighted by atomic mass is 10.2. The Morgan fingerprint density at radius 2 is 1.85 bits per heavy atom. The third kappa shape index (κ3) is 2.23. The van der Waals surface area contributed by atoms with Gasteiger partial charge in [0.25, 0.3) is 0 Å². The molecule has 1 saturated heterocycles. The zero-order valence-electron chi connectivity index (χ0n) is 9.42. The van der Waals surface area contributed by atoms with Gasteiger partial charge < -0.3 is 9.53 Å². The molecular weight excluding hydrogens is 196 g/mol. The minimum absolute atomic E-state index is 0.113. The largest absolute Gasteiger partial charge is 0.415 e. The summed E-state index contributed by atoms with van der Waals surface area (Å²) < 4.78 is 6.10. The molecule has 1 heterocycles. The van der Waals surface area contributed by atoms with Gasteiger partial charge in [-0.25, -0.2) is 0 Å². The maximum absolute atomic E-state index is 9.49. The molecule has 2 atom stereocenters. The van der Waals surface area contributed by atoms with E-state index in [1.165, 1.54) is 6.04 Å². The van der Waals surface area contributed by atoms with Crippen molar-refractivity contribution in [2.24, 2.45) is 0 Å². The van der Waals surface area contributed by atoms with Crippen LogP contribution in [0.2, 0.25) is 32.2 Å². The van der Waals surface area contributed by atoms with Crippen LogP contribution in [0.15, 0.2) is 0 Å². The van der Waals surface area contributed by atoms with Crippen molar-refractivity contribution in [2.45, 2.75) is 57.8 Å². The molecule has 2 nitrogen and oxygen atoms in total. The standard InChI is InChI=1S/C9H22O2Si2/c1-8(10)9-6-7-12(2,3)13(4,5)11-9/h8-10H,6-7H2,1-5H3. The van der Waals surface area contributed by atoms with E-state index in [1.54, 1.807) is 0 Å². The van der Waals surface area contributed by atoms with Gasteiger partial charge in [0.1, 0.15) is 0 Å². The van der Waals surface area contributed by atoms with Crippen LogP contribution in [0.5, 0.6) is 0 Å². The average Bonchev–Trinajstić information content (AvgIpc) is 1.94. The quantitative estimate of drug-likeness (QED) is 0.683. The number of aliphatic hydroxyl groups is 1. The van der Waals surface area contributed by atoms with E-state index < -0.39 is 15.4 Å². The topological polar surface area (TPSA) is 29.5 Å². The van der Waals surface area contributed by atoms with Gasteiger partial charge in [-0.15, -0.1) is 0 Å². The second-order valence-electron chi connectivity index (χ2n) is 5.33. The van der Waals surface area contributed by atoms with E-state index >= 15 is 0 Å². The lowest BCUT2D eigenvalue weighted by Gasteiger charge is -2.46. The first-order valence-electron chi connectivity index (χ1n) is 5.12. The molecule has 13 heavy (non-hydrogen) atoms. The zero-order valence-corrected chi connectivity index (χ0v) is 11.4. The smallest absolute Gasteiger partial charge is 0.174 e. The number of rotatable bonds is 1. The molecule has 2 unspecified atom stereocenters. The summed E-state index contributed by atoms with van der Waals surface area (Å²) in [7, 11) is -2.57. The van der Waals surface area contributed by atoms with Gasteiger partial charge in [0.05, 0.1) is 19.8 Å². The molecule has 1 aliphatic rings. The van der Waals surface area contributed by atoms with E-state index in [2.05, 4.69) is 26.2 Å². The molecule has 4 heteroatoms. The fraction of sp³-hybridized carbons (Fsp3) is 1.00. The van der Waals surface area contributed by atoms with Gasteiger partial charge in [-0.05, 0) is 26.4 Å². The molecule has 0 bridgehead atoms. The maximum atomic E-state index is 9.49. The van der Waals surface area contributed by atoms with E-state index in [9.17, 15) is 5.11 Å². The van der Waals surface area contributed by atoms with Crippen molar-refractivity contribution in [3.05, 3.63) is 0 Å². The highest BCUT2D eigenvalue weighted by molar-refractivity contribution is 7.38. The number of hydrogen-bond donors (Lipinski definition) is 1. The minimum Gasteiger partial charge on any atom is -0.415 e. The third-order valence-electron chi connectivity index (χ3n) is 3.67. The van der Waals surface area contributed by atoms with Crippen molar-refractivity contribution in [1.82, 2.24) is 0 Å². The molecule has 0 spiro atoms. The van der Waals surface area contributed by atoms with Gasteiger partial charge in [0.15, 0.2) is 7.83 Å². The lowest BCUT2D eigenvalue weighted by molar-refractivity contribution is 0.0396. The third-order valence-corrected chi connectivity index (χ3v) is 20.2. The molecule has 1 rings (SSSR count). The summed E-state index contributed by atoms with van der Waals surface area (Å²) in [6.07, 6.45) is 0.881. The summed E-state index contributed by atoms with van der Waals surface area (Å²) in [4.78, 5) is 0. The van der Waals surface area contributed by atoms with Crippen LogP contribution in [-0.4, -0.2) is 32.7 Å². The highest BCUT2D eigenvalue weighted by atomic mass is 29.3. The van der Waals surface area contributed by atoms with Crippen LogP contribution < -0.4 is 0 Å². The summed E-state index contributed by atoms with van der Waals surface area (Å²) in [5, 5.41) is 9.49. The molecule has 1 N–H and O–H groups in total. The Bertz CT molecular complexity index is 190. The van der Waals surface area contributed by atoms with Gasteiger partial charge in [0, 0.05) is 0 Å². The molecule has 0 amide bonds. The molecule has 0 aromatic rings. The van der Waals surface area contributed by atoms with E-state index in [4.69, 9.17) is 4.43 Å². The molecule has 1 aliphatic heterocycles. The molecule has 0 radical (unpaired) electrons. The first-order valence-corrected chi connectivity index (χ1v) is 12.2. The van der Waals surface area contributed by atoms with Crippen molar-refractivity contribution >= 4 is 15.4 Å². The van der Waals surface area contributed by atoms with E-state index in [0.29, 0.717) is 0 Å². The second-order valence-corrected chi connectivity index (χ2v) is 20.5. The highest BCUT2D eigenvalue weighted by Gasteiger charge is 2.48. The van der Waals surface area contributed by atoms with Gasteiger partial charge in [-0.1, -0.05) is 19.1 Å². The summed E-state index contributed by atoms with van der Waals surface area (Å²) >= 11 is 0. The molecule has 0 saturated carbocycles. The highest BCUT2D eigenvalue weighted by Crippen LogP contribution is 2.34. The van der Waals surface area contributed by atoms with Gasteiger partial charge in [-0.3, -0.25) is 0 Å². The van der Waals surface area contributed by atoms with Crippen molar-refractivity contribution in [3.63, 3.8) is 0 Å². The summed E-state index contributed by atoms with van der Waals surface area (Å²) in [5.74, 6) is 0. The van der Waals surface area contributed by atoms with Gasteiger partial charge in [0.2, 0.25) is 0 Å². The van der Waals surface area contributed by atoms with Crippen molar-refractivity contribution < 1.29 is 9.53 Å². The lowest BCUT2D eigenvalue weighted by Crippen LogP contribution is -2.63. The van der Waals surface area contributed by atoms with Crippen LogP contribution in [-0.2, 0) is 4.43 Å². The van der Waals surface area contributed by atoms with Crippen molar-refractivity contribution in [1.29, 1.82) is 0 Å². The maximum Gasteiger partial charge on any atom is 0.174 e. The van der Waals surface area contributed by atoms with Gasteiger partial charge >= 0.3 is 0 Å². The van der Waals surface area contributed by atoms with Crippen LogP contribution in [0.1, 0.15) is 13.3 Å². The molecule has 0 aliphatic carbocycles. The predicted molar refractivity (Wildman–Crippen MR) is 60.9 cm³/mol. The summed E-state index contributed by atoms with van der Waals surface area (Å²) in [5.41, 5.74) is 0. The predicted octanol–water partition coefficient (Wildman–Crippen LogP) is 2.15. The SMILES string of the molecule is CC(O)C1CC[Si](C)(C)[Si](C)(C)O1. The minimum atomic E-state index is -1.47. The van der Waals surface area contributed by atoms with Crippen LogP contribution in [0.25, 0.3) is 0 Å². The molecule has 1 fully saturated rings. The first-order chi connectivity index (χ1) is 5.76. The normalized spacial score (nSPS) is 34.2. The molecule has 0 aromatic carbocycles. The number of aliphatic hydroxyl groups excluding tert-OH is 1. The fourth-order valence-electron chi connectivity index (χ4n) is 1.74. The Morgan fingerprint density at radius 1 is 1.31 bits per heavy atom. The van der Waals surface area contributed by atoms with Crippen LogP contribution >= 0.6 is 0 Å². The Labute approximate surface area is 83.2 Å². The van der Waals surface area contributed by atoms with Crippen molar-refractivity contribution in [3.8, 4) is 0 Å². The summed E-state index contributed by atoms with van der Waals surface area (Å²) in [6.45, 7) is 11.3. The van der Waals surface area contributed by atoms with Crippen LogP contribution in [0, 0.1) is 0 Å². The molecule has 78 valence electrons. The summed E-state index contributed by atoms with van der Waals surface area (Å²) in [6, 6.07) is 1.32.